The van der Waals surface area contributed by atoms with Crippen molar-refractivity contribution in [3.8, 4) is 0 Å². The molecule has 2 bridgehead atoms. The molecule has 0 aliphatic carbocycles. The summed E-state index contributed by atoms with van der Waals surface area (Å²) in [4.78, 5) is 14.0. The third-order valence-electron chi connectivity index (χ3n) is 3.84. The average molecular weight is 219 g/mol. The van der Waals surface area contributed by atoms with Crippen LogP contribution >= 0.6 is 0 Å². The molecular formula is C12H17N3O. The number of hydrogen-bond acceptors (Lipinski definition) is 3. The minimum Gasteiger partial charge on any atom is -0.300 e. The minimum atomic E-state index is 0.461. The highest BCUT2D eigenvalue weighted by Crippen LogP contribution is 2.33. The molecule has 1 aromatic rings. The second-order valence-electron chi connectivity index (χ2n) is 4.84. The van der Waals surface area contributed by atoms with Gasteiger partial charge in [0.1, 0.15) is 5.78 Å². The van der Waals surface area contributed by atoms with Gasteiger partial charge in [-0.2, -0.15) is 5.10 Å². The van der Waals surface area contributed by atoms with Crippen LogP contribution in [0.1, 0.15) is 25.7 Å². The molecule has 16 heavy (non-hydrogen) atoms. The molecular weight excluding hydrogens is 202 g/mol. The Morgan fingerprint density at radius 2 is 2.00 bits per heavy atom. The Balaban J connectivity index is 1.61. The van der Waals surface area contributed by atoms with E-state index in [4.69, 9.17) is 0 Å². The SMILES string of the molecule is O=C1CC2CCC(C1)N2CCn1cccn1. The first-order valence-electron chi connectivity index (χ1n) is 6.08. The molecule has 86 valence electrons. The number of carbonyl (C=O) groups excluding carboxylic acids is 1. The van der Waals surface area contributed by atoms with Gasteiger partial charge < -0.3 is 0 Å². The summed E-state index contributed by atoms with van der Waals surface area (Å²) in [5, 5.41) is 4.21. The zero-order chi connectivity index (χ0) is 11.0. The molecule has 0 N–H and O–H groups in total. The Morgan fingerprint density at radius 3 is 2.62 bits per heavy atom. The van der Waals surface area contributed by atoms with Gasteiger partial charge in [-0.05, 0) is 18.9 Å². The van der Waals surface area contributed by atoms with Crippen LogP contribution in [-0.4, -0.2) is 39.1 Å². The topological polar surface area (TPSA) is 38.1 Å². The molecule has 2 fully saturated rings. The molecule has 2 unspecified atom stereocenters. The van der Waals surface area contributed by atoms with Gasteiger partial charge in [0.2, 0.25) is 0 Å². The number of Topliss-reactive ketones (excluding diaryl/α,β-unsaturated/α-hetero) is 1. The van der Waals surface area contributed by atoms with E-state index >= 15 is 0 Å². The molecule has 2 aliphatic rings. The van der Waals surface area contributed by atoms with E-state index in [1.54, 1.807) is 0 Å². The van der Waals surface area contributed by atoms with Crippen molar-refractivity contribution in [1.82, 2.24) is 14.7 Å². The van der Waals surface area contributed by atoms with Crippen molar-refractivity contribution in [2.75, 3.05) is 6.54 Å². The normalized spacial score (nSPS) is 29.9. The molecule has 2 saturated heterocycles. The smallest absolute Gasteiger partial charge is 0.136 e. The van der Waals surface area contributed by atoms with Gasteiger partial charge in [0, 0.05) is 43.9 Å². The van der Waals surface area contributed by atoms with Gasteiger partial charge in [0.05, 0.1) is 6.54 Å². The number of hydrogen-bond donors (Lipinski definition) is 0. The van der Waals surface area contributed by atoms with Crippen LogP contribution in [-0.2, 0) is 11.3 Å². The molecule has 3 heterocycles. The highest BCUT2D eigenvalue weighted by molar-refractivity contribution is 5.80. The number of nitrogens with zero attached hydrogens (tertiary/aromatic N) is 3. The van der Waals surface area contributed by atoms with Gasteiger partial charge in [0.25, 0.3) is 0 Å². The number of rotatable bonds is 3. The van der Waals surface area contributed by atoms with Crippen LogP contribution < -0.4 is 0 Å². The van der Waals surface area contributed by atoms with Gasteiger partial charge in [-0.15, -0.1) is 0 Å². The Labute approximate surface area is 95.2 Å². The highest BCUT2D eigenvalue weighted by atomic mass is 16.1. The summed E-state index contributed by atoms with van der Waals surface area (Å²) >= 11 is 0. The maximum Gasteiger partial charge on any atom is 0.136 e. The summed E-state index contributed by atoms with van der Waals surface area (Å²) in [7, 11) is 0. The maximum absolute atomic E-state index is 11.5. The summed E-state index contributed by atoms with van der Waals surface area (Å²) in [6.45, 7) is 1.97. The number of aromatic nitrogens is 2. The van der Waals surface area contributed by atoms with Gasteiger partial charge in [-0.25, -0.2) is 0 Å². The third-order valence-corrected chi connectivity index (χ3v) is 3.84. The summed E-state index contributed by atoms with van der Waals surface area (Å²) in [6, 6.07) is 2.98. The van der Waals surface area contributed by atoms with Crippen LogP contribution in [0.3, 0.4) is 0 Å². The molecule has 0 saturated carbocycles. The Bertz CT molecular complexity index is 358. The van der Waals surface area contributed by atoms with Crippen molar-refractivity contribution >= 4 is 5.78 Å². The molecule has 0 aromatic carbocycles. The monoisotopic (exact) mass is 219 g/mol. The number of carbonyl (C=O) groups is 1. The van der Waals surface area contributed by atoms with Crippen LogP contribution in [0.4, 0.5) is 0 Å². The molecule has 0 radical (unpaired) electrons. The standard InChI is InChI=1S/C12H17N3O/c16-12-8-10-2-3-11(9-12)15(10)7-6-14-5-1-4-13-14/h1,4-5,10-11H,2-3,6-9H2. The molecule has 4 heteroatoms. The van der Waals surface area contributed by atoms with Crippen molar-refractivity contribution in [3.05, 3.63) is 18.5 Å². The highest BCUT2D eigenvalue weighted by Gasteiger charge is 2.39. The maximum atomic E-state index is 11.5. The van der Waals surface area contributed by atoms with Crippen molar-refractivity contribution in [2.45, 2.75) is 44.3 Å². The predicted octanol–water partition coefficient (Wildman–Crippen LogP) is 1.08. The predicted molar refractivity (Wildman–Crippen MR) is 60.0 cm³/mol. The van der Waals surface area contributed by atoms with E-state index in [1.165, 1.54) is 12.8 Å². The fourth-order valence-corrected chi connectivity index (χ4v) is 3.08. The lowest BCUT2D eigenvalue weighted by molar-refractivity contribution is -0.123. The molecule has 0 spiro atoms. The van der Waals surface area contributed by atoms with Gasteiger partial charge in [0.15, 0.2) is 0 Å². The first-order valence-corrected chi connectivity index (χ1v) is 6.08. The second-order valence-corrected chi connectivity index (χ2v) is 4.84. The quantitative estimate of drug-likeness (QED) is 0.763. The lowest BCUT2D eigenvalue weighted by Gasteiger charge is -2.33. The zero-order valence-electron chi connectivity index (χ0n) is 9.38. The Morgan fingerprint density at radius 1 is 1.25 bits per heavy atom. The summed E-state index contributed by atoms with van der Waals surface area (Å²) in [5.41, 5.74) is 0. The molecule has 0 amide bonds. The summed E-state index contributed by atoms with van der Waals surface area (Å²) in [6.07, 6.45) is 7.77. The summed E-state index contributed by atoms with van der Waals surface area (Å²) in [5.74, 6) is 0.461. The Hall–Kier alpha value is -1.16. The van der Waals surface area contributed by atoms with Gasteiger partial charge in [-0.1, -0.05) is 0 Å². The van der Waals surface area contributed by atoms with Crippen LogP contribution in [0, 0.1) is 0 Å². The van der Waals surface area contributed by atoms with Crippen molar-refractivity contribution < 1.29 is 4.79 Å². The largest absolute Gasteiger partial charge is 0.300 e. The number of ketones is 1. The van der Waals surface area contributed by atoms with E-state index in [0.717, 1.165) is 25.9 Å². The fourth-order valence-electron chi connectivity index (χ4n) is 3.08. The minimum absolute atomic E-state index is 0.461. The van der Waals surface area contributed by atoms with Crippen LogP contribution in [0.25, 0.3) is 0 Å². The van der Waals surface area contributed by atoms with Crippen LogP contribution in [0.5, 0.6) is 0 Å². The molecule has 4 nitrogen and oxygen atoms in total. The second kappa shape index (κ2) is 4.01. The number of piperidine rings is 1. The van der Waals surface area contributed by atoms with Crippen LogP contribution in [0.2, 0.25) is 0 Å². The van der Waals surface area contributed by atoms with E-state index in [0.29, 0.717) is 17.9 Å². The van der Waals surface area contributed by atoms with Crippen molar-refractivity contribution in [3.63, 3.8) is 0 Å². The lowest BCUT2D eigenvalue weighted by Crippen LogP contribution is -2.44. The van der Waals surface area contributed by atoms with E-state index < -0.39 is 0 Å². The van der Waals surface area contributed by atoms with Gasteiger partial charge >= 0.3 is 0 Å². The van der Waals surface area contributed by atoms with Crippen molar-refractivity contribution in [2.24, 2.45) is 0 Å². The van der Waals surface area contributed by atoms with Crippen molar-refractivity contribution in [1.29, 1.82) is 0 Å². The van der Waals surface area contributed by atoms with E-state index in [9.17, 15) is 4.79 Å². The average Bonchev–Trinajstić information content (AvgIpc) is 2.83. The Kier molecular flexibility index (Phi) is 2.52. The van der Waals surface area contributed by atoms with E-state index in [1.807, 2.05) is 23.1 Å². The first kappa shape index (κ1) is 10.0. The fraction of sp³-hybridized carbons (Fsp3) is 0.667. The lowest BCUT2D eigenvalue weighted by atomic mass is 10.0. The first-order chi connectivity index (χ1) is 7.83. The summed E-state index contributed by atoms with van der Waals surface area (Å²) < 4.78 is 1.97. The number of fused-ring (bicyclic) bond motifs is 2. The molecule has 2 aliphatic heterocycles. The van der Waals surface area contributed by atoms with E-state index in [2.05, 4.69) is 10.00 Å². The molecule has 3 rings (SSSR count). The van der Waals surface area contributed by atoms with E-state index in [-0.39, 0.29) is 0 Å². The molecule has 2 atom stereocenters. The third kappa shape index (κ3) is 1.78. The van der Waals surface area contributed by atoms with Gasteiger partial charge in [-0.3, -0.25) is 14.4 Å². The molecule has 1 aromatic heterocycles. The zero-order valence-corrected chi connectivity index (χ0v) is 9.38. The van der Waals surface area contributed by atoms with Crippen LogP contribution in [0.15, 0.2) is 18.5 Å².